The summed E-state index contributed by atoms with van der Waals surface area (Å²) in [6.07, 6.45) is 1.10. The summed E-state index contributed by atoms with van der Waals surface area (Å²) in [6.45, 7) is 15.9. The summed E-state index contributed by atoms with van der Waals surface area (Å²) < 4.78 is 0. The molecule has 0 radical (unpaired) electrons. The van der Waals surface area contributed by atoms with E-state index < -0.39 is 0 Å². The van der Waals surface area contributed by atoms with Crippen LogP contribution in [0.25, 0.3) is 4.85 Å². The normalized spacial score (nSPS) is 10.7. The highest BCUT2D eigenvalue weighted by Gasteiger charge is 2.08. The SMILES string of the molecule is [C-]#[N+]c1ccc(CC(C)C)c(C(C)C)c1. The first-order valence-corrected chi connectivity index (χ1v) is 5.55. The molecule has 0 N–H and O–H groups in total. The van der Waals surface area contributed by atoms with Crippen LogP contribution in [0.1, 0.15) is 44.7 Å². The molecule has 0 aliphatic carbocycles. The Morgan fingerprint density at radius 2 is 1.87 bits per heavy atom. The molecule has 0 heterocycles. The standard InChI is InChI=1S/C14H19N/c1-10(2)8-12-6-7-13(15-5)9-14(12)11(3)4/h6-7,9-11H,8H2,1-4H3. The lowest BCUT2D eigenvalue weighted by atomic mass is 9.91. The summed E-state index contributed by atoms with van der Waals surface area (Å²) in [7, 11) is 0. The van der Waals surface area contributed by atoms with Crippen molar-refractivity contribution in [1.29, 1.82) is 0 Å². The molecule has 0 aliphatic heterocycles. The van der Waals surface area contributed by atoms with Crippen LogP contribution in [-0.4, -0.2) is 0 Å². The maximum atomic E-state index is 7.02. The van der Waals surface area contributed by atoms with Crippen LogP contribution in [-0.2, 0) is 6.42 Å². The first-order valence-electron chi connectivity index (χ1n) is 5.55. The van der Waals surface area contributed by atoms with Crippen molar-refractivity contribution in [2.75, 3.05) is 0 Å². The van der Waals surface area contributed by atoms with Crippen LogP contribution in [0.2, 0.25) is 0 Å². The van der Waals surface area contributed by atoms with Crippen LogP contribution in [0.5, 0.6) is 0 Å². The summed E-state index contributed by atoms with van der Waals surface area (Å²) in [5, 5.41) is 0. The predicted octanol–water partition coefficient (Wildman–Crippen LogP) is 4.56. The Morgan fingerprint density at radius 3 is 2.33 bits per heavy atom. The molecule has 1 aromatic rings. The van der Waals surface area contributed by atoms with Crippen molar-refractivity contribution in [3.63, 3.8) is 0 Å². The van der Waals surface area contributed by atoms with E-state index in [-0.39, 0.29) is 0 Å². The molecular weight excluding hydrogens is 182 g/mol. The third-order valence-electron chi connectivity index (χ3n) is 2.51. The zero-order valence-electron chi connectivity index (χ0n) is 10.0. The molecule has 0 unspecified atom stereocenters. The van der Waals surface area contributed by atoms with E-state index in [2.05, 4.69) is 38.6 Å². The number of rotatable bonds is 3. The smallest absolute Gasteiger partial charge is 0.187 e. The average molecular weight is 201 g/mol. The number of hydrogen-bond donors (Lipinski definition) is 0. The fourth-order valence-corrected chi connectivity index (χ4v) is 1.82. The minimum atomic E-state index is 0.500. The van der Waals surface area contributed by atoms with E-state index >= 15 is 0 Å². The number of hydrogen-bond acceptors (Lipinski definition) is 0. The van der Waals surface area contributed by atoms with Gasteiger partial charge in [0, 0.05) is 0 Å². The minimum Gasteiger partial charge on any atom is -0.238 e. The van der Waals surface area contributed by atoms with E-state index in [1.165, 1.54) is 11.1 Å². The highest BCUT2D eigenvalue weighted by atomic mass is 14.6. The lowest BCUT2D eigenvalue weighted by Crippen LogP contribution is -2.00. The molecule has 0 bridgehead atoms. The van der Waals surface area contributed by atoms with Gasteiger partial charge in [-0.1, -0.05) is 51.5 Å². The van der Waals surface area contributed by atoms with E-state index in [1.54, 1.807) is 0 Å². The Hall–Kier alpha value is -1.29. The fraction of sp³-hybridized carbons (Fsp3) is 0.500. The van der Waals surface area contributed by atoms with Gasteiger partial charge < -0.3 is 0 Å². The highest BCUT2D eigenvalue weighted by Crippen LogP contribution is 2.26. The lowest BCUT2D eigenvalue weighted by Gasteiger charge is -2.15. The first-order chi connectivity index (χ1) is 7.04. The van der Waals surface area contributed by atoms with Crippen molar-refractivity contribution in [2.24, 2.45) is 5.92 Å². The molecule has 1 aromatic carbocycles. The van der Waals surface area contributed by atoms with Crippen LogP contribution in [0.3, 0.4) is 0 Å². The Kier molecular flexibility index (Phi) is 3.91. The molecule has 0 saturated heterocycles. The van der Waals surface area contributed by atoms with Crippen molar-refractivity contribution in [3.8, 4) is 0 Å². The van der Waals surface area contributed by atoms with E-state index in [9.17, 15) is 0 Å². The first kappa shape index (κ1) is 11.8. The quantitative estimate of drug-likeness (QED) is 0.631. The van der Waals surface area contributed by atoms with Gasteiger partial charge in [-0.25, -0.2) is 4.85 Å². The maximum absolute atomic E-state index is 7.02. The second kappa shape index (κ2) is 4.98. The monoisotopic (exact) mass is 201 g/mol. The third-order valence-corrected chi connectivity index (χ3v) is 2.51. The average Bonchev–Trinajstić information content (AvgIpc) is 2.17. The molecule has 0 spiro atoms. The van der Waals surface area contributed by atoms with Gasteiger partial charge in [0.05, 0.1) is 6.57 Å². The van der Waals surface area contributed by atoms with Gasteiger partial charge >= 0.3 is 0 Å². The molecule has 0 saturated carbocycles. The molecule has 15 heavy (non-hydrogen) atoms. The van der Waals surface area contributed by atoms with Gasteiger partial charge in [0.25, 0.3) is 0 Å². The second-order valence-electron chi connectivity index (χ2n) is 4.75. The summed E-state index contributed by atoms with van der Waals surface area (Å²) in [5.74, 6) is 1.17. The van der Waals surface area contributed by atoms with Gasteiger partial charge in [-0.15, -0.1) is 0 Å². The Balaban J connectivity index is 3.11. The van der Waals surface area contributed by atoms with Crippen LogP contribution in [0.15, 0.2) is 18.2 Å². The van der Waals surface area contributed by atoms with Crippen LogP contribution >= 0.6 is 0 Å². The minimum absolute atomic E-state index is 0.500. The third kappa shape index (κ3) is 3.09. The highest BCUT2D eigenvalue weighted by molar-refractivity contribution is 5.50. The molecule has 0 aliphatic rings. The van der Waals surface area contributed by atoms with Crippen LogP contribution in [0.4, 0.5) is 5.69 Å². The van der Waals surface area contributed by atoms with Gasteiger partial charge in [0.2, 0.25) is 0 Å². The molecule has 1 heteroatoms. The summed E-state index contributed by atoms with van der Waals surface area (Å²) in [6, 6.07) is 6.08. The van der Waals surface area contributed by atoms with Gasteiger partial charge in [0.15, 0.2) is 5.69 Å². The van der Waals surface area contributed by atoms with Crippen molar-refractivity contribution in [1.82, 2.24) is 0 Å². The van der Waals surface area contributed by atoms with Gasteiger partial charge in [-0.2, -0.15) is 0 Å². The zero-order valence-corrected chi connectivity index (χ0v) is 10.0. The zero-order chi connectivity index (χ0) is 11.4. The summed E-state index contributed by atoms with van der Waals surface area (Å²) >= 11 is 0. The lowest BCUT2D eigenvalue weighted by molar-refractivity contribution is 0.638. The molecule has 0 aromatic heterocycles. The predicted molar refractivity (Wildman–Crippen MR) is 65.3 cm³/mol. The van der Waals surface area contributed by atoms with Crippen molar-refractivity contribution >= 4 is 5.69 Å². The molecule has 0 amide bonds. The van der Waals surface area contributed by atoms with E-state index in [4.69, 9.17) is 6.57 Å². The second-order valence-corrected chi connectivity index (χ2v) is 4.75. The Labute approximate surface area is 93.0 Å². The Bertz CT molecular complexity index is 369. The van der Waals surface area contributed by atoms with E-state index in [1.807, 2.05) is 12.1 Å². The van der Waals surface area contributed by atoms with Crippen molar-refractivity contribution in [2.45, 2.75) is 40.0 Å². The van der Waals surface area contributed by atoms with Crippen LogP contribution in [0, 0.1) is 12.5 Å². The summed E-state index contributed by atoms with van der Waals surface area (Å²) in [4.78, 5) is 3.48. The maximum Gasteiger partial charge on any atom is 0.187 e. The topological polar surface area (TPSA) is 4.36 Å². The summed E-state index contributed by atoms with van der Waals surface area (Å²) in [5.41, 5.74) is 3.48. The largest absolute Gasteiger partial charge is 0.238 e. The van der Waals surface area contributed by atoms with Crippen molar-refractivity contribution in [3.05, 3.63) is 40.7 Å². The van der Waals surface area contributed by atoms with E-state index in [0.717, 1.165) is 12.1 Å². The molecule has 80 valence electrons. The number of benzene rings is 1. The molecule has 0 atom stereocenters. The van der Waals surface area contributed by atoms with E-state index in [0.29, 0.717) is 11.8 Å². The van der Waals surface area contributed by atoms with Crippen molar-refractivity contribution < 1.29 is 0 Å². The van der Waals surface area contributed by atoms with Gasteiger partial charge in [-0.3, -0.25) is 0 Å². The van der Waals surface area contributed by atoms with Crippen LogP contribution < -0.4 is 0 Å². The number of nitrogens with zero attached hydrogens (tertiary/aromatic N) is 1. The fourth-order valence-electron chi connectivity index (χ4n) is 1.82. The molecule has 1 rings (SSSR count). The molecular formula is C14H19N. The van der Waals surface area contributed by atoms with Gasteiger partial charge in [0.1, 0.15) is 0 Å². The molecule has 1 nitrogen and oxygen atoms in total. The Morgan fingerprint density at radius 1 is 1.20 bits per heavy atom. The van der Waals surface area contributed by atoms with Gasteiger partial charge in [-0.05, 0) is 23.8 Å². The molecule has 0 fully saturated rings.